The summed E-state index contributed by atoms with van der Waals surface area (Å²) in [5.41, 5.74) is 0.441. The summed E-state index contributed by atoms with van der Waals surface area (Å²) in [5.74, 6) is -0.784. The highest BCUT2D eigenvalue weighted by atomic mass is 19.1. The average Bonchev–Trinajstić information content (AvgIpc) is 2.72. The van der Waals surface area contributed by atoms with Gasteiger partial charge in [-0.3, -0.25) is 0 Å². The number of rotatable bonds is 7. The predicted molar refractivity (Wildman–Crippen MR) is 100 cm³/mol. The van der Waals surface area contributed by atoms with Gasteiger partial charge in [0.1, 0.15) is 30.5 Å². The van der Waals surface area contributed by atoms with Crippen LogP contribution in [0.3, 0.4) is 0 Å². The second-order valence-corrected chi connectivity index (χ2v) is 5.72. The van der Waals surface area contributed by atoms with E-state index in [1.54, 1.807) is 24.3 Å². The van der Waals surface area contributed by atoms with E-state index in [0.717, 1.165) is 0 Å². The zero-order valence-corrected chi connectivity index (χ0v) is 14.8. The number of hydrogen-bond donors (Lipinski definition) is 0. The lowest BCUT2D eigenvalue weighted by Crippen LogP contribution is -2.13. The zero-order valence-electron chi connectivity index (χ0n) is 14.8. The number of para-hydroxylation sites is 1. The largest absolute Gasteiger partial charge is 0.490 e. The maximum absolute atomic E-state index is 12.9. The van der Waals surface area contributed by atoms with Gasteiger partial charge in [-0.2, -0.15) is 0 Å². The number of esters is 2. The van der Waals surface area contributed by atoms with Gasteiger partial charge in [-0.1, -0.05) is 24.3 Å². The van der Waals surface area contributed by atoms with Crippen molar-refractivity contribution in [1.29, 1.82) is 0 Å². The van der Waals surface area contributed by atoms with E-state index in [0.29, 0.717) is 5.75 Å². The van der Waals surface area contributed by atoms with Crippen molar-refractivity contribution in [3.8, 4) is 11.5 Å². The maximum Gasteiger partial charge on any atom is 0.343 e. The van der Waals surface area contributed by atoms with Gasteiger partial charge in [-0.15, -0.1) is 0 Å². The summed E-state index contributed by atoms with van der Waals surface area (Å²) in [5, 5.41) is 0. The van der Waals surface area contributed by atoms with Gasteiger partial charge in [0, 0.05) is 0 Å². The van der Waals surface area contributed by atoms with E-state index < -0.39 is 17.8 Å². The third kappa shape index (κ3) is 5.41. The number of benzene rings is 3. The molecule has 0 heterocycles. The molecule has 0 aliphatic rings. The zero-order chi connectivity index (χ0) is 19.8. The minimum absolute atomic E-state index is 0.0767. The third-order valence-electron chi connectivity index (χ3n) is 3.69. The van der Waals surface area contributed by atoms with Crippen LogP contribution in [0.2, 0.25) is 0 Å². The standard InChI is InChI=1S/C22H17FO5/c23-18-11-9-16(10-12-18)22(25)28-20-8-4-5-17(15-20)21(24)27-14-13-26-19-6-2-1-3-7-19/h1-12,15H,13-14H2. The fourth-order valence-electron chi connectivity index (χ4n) is 2.33. The topological polar surface area (TPSA) is 61.8 Å². The van der Waals surface area contributed by atoms with Gasteiger partial charge in [0.05, 0.1) is 11.1 Å². The normalized spacial score (nSPS) is 10.2. The Morgan fingerprint density at radius 1 is 0.714 bits per heavy atom. The minimum Gasteiger partial charge on any atom is -0.490 e. The summed E-state index contributed by atoms with van der Waals surface area (Å²) in [6, 6.07) is 20.2. The lowest BCUT2D eigenvalue weighted by atomic mass is 10.2. The molecule has 0 radical (unpaired) electrons. The van der Waals surface area contributed by atoms with Crippen molar-refractivity contribution in [3.63, 3.8) is 0 Å². The molecule has 3 aromatic rings. The van der Waals surface area contributed by atoms with Crippen LogP contribution in [-0.2, 0) is 4.74 Å². The van der Waals surface area contributed by atoms with Crippen LogP contribution in [0, 0.1) is 5.82 Å². The van der Waals surface area contributed by atoms with Crippen molar-refractivity contribution < 1.29 is 28.2 Å². The Hall–Kier alpha value is -3.67. The smallest absolute Gasteiger partial charge is 0.343 e. The summed E-state index contributed by atoms with van der Waals surface area (Å²) < 4.78 is 28.8. The number of halogens is 1. The van der Waals surface area contributed by atoms with Gasteiger partial charge >= 0.3 is 11.9 Å². The van der Waals surface area contributed by atoms with Crippen LogP contribution in [0.25, 0.3) is 0 Å². The lowest BCUT2D eigenvalue weighted by molar-refractivity contribution is 0.0449. The van der Waals surface area contributed by atoms with Crippen molar-refractivity contribution in [1.82, 2.24) is 0 Å². The molecule has 0 aromatic heterocycles. The van der Waals surface area contributed by atoms with Gasteiger partial charge in [0.2, 0.25) is 0 Å². The van der Waals surface area contributed by atoms with E-state index in [4.69, 9.17) is 14.2 Å². The Bertz CT molecular complexity index is 939. The molecule has 0 unspecified atom stereocenters. The Morgan fingerprint density at radius 3 is 2.18 bits per heavy atom. The van der Waals surface area contributed by atoms with Crippen molar-refractivity contribution in [2.24, 2.45) is 0 Å². The van der Waals surface area contributed by atoms with Crippen molar-refractivity contribution in [2.75, 3.05) is 13.2 Å². The molecular formula is C22H17FO5. The molecule has 0 bridgehead atoms. The first kappa shape index (κ1) is 19.1. The van der Waals surface area contributed by atoms with Crippen LogP contribution < -0.4 is 9.47 Å². The molecule has 28 heavy (non-hydrogen) atoms. The summed E-state index contributed by atoms with van der Waals surface area (Å²) in [4.78, 5) is 24.2. The molecule has 3 aromatic carbocycles. The molecule has 0 aliphatic heterocycles. The molecule has 0 fully saturated rings. The van der Waals surface area contributed by atoms with Crippen LogP contribution in [0.1, 0.15) is 20.7 Å². The third-order valence-corrected chi connectivity index (χ3v) is 3.69. The molecular weight excluding hydrogens is 363 g/mol. The highest BCUT2D eigenvalue weighted by Gasteiger charge is 2.12. The van der Waals surface area contributed by atoms with Gasteiger partial charge in [0.15, 0.2) is 0 Å². The van der Waals surface area contributed by atoms with Crippen LogP contribution in [0.15, 0.2) is 78.9 Å². The Morgan fingerprint density at radius 2 is 1.43 bits per heavy atom. The molecule has 0 aliphatic carbocycles. The SMILES string of the molecule is O=C(OCCOc1ccccc1)c1cccc(OC(=O)c2ccc(F)cc2)c1. The molecule has 5 nitrogen and oxygen atoms in total. The summed E-state index contributed by atoms with van der Waals surface area (Å²) >= 11 is 0. The van der Waals surface area contributed by atoms with Crippen molar-refractivity contribution in [3.05, 3.63) is 95.8 Å². The molecule has 0 amide bonds. The first-order valence-electron chi connectivity index (χ1n) is 8.54. The van der Waals surface area contributed by atoms with E-state index in [-0.39, 0.29) is 30.1 Å². The first-order chi connectivity index (χ1) is 13.6. The van der Waals surface area contributed by atoms with Gasteiger partial charge in [-0.25, -0.2) is 14.0 Å². The number of carbonyl (C=O) groups excluding carboxylic acids is 2. The fraction of sp³-hybridized carbons (Fsp3) is 0.0909. The monoisotopic (exact) mass is 380 g/mol. The molecule has 3 rings (SSSR count). The van der Waals surface area contributed by atoms with E-state index in [1.807, 2.05) is 18.2 Å². The highest BCUT2D eigenvalue weighted by Crippen LogP contribution is 2.16. The average molecular weight is 380 g/mol. The molecule has 142 valence electrons. The molecule has 6 heteroatoms. The highest BCUT2D eigenvalue weighted by molar-refractivity contribution is 5.92. The van der Waals surface area contributed by atoms with Crippen LogP contribution >= 0.6 is 0 Å². The van der Waals surface area contributed by atoms with E-state index in [2.05, 4.69) is 0 Å². The van der Waals surface area contributed by atoms with Crippen LogP contribution in [-0.4, -0.2) is 25.2 Å². The number of carbonyl (C=O) groups is 2. The first-order valence-corrected chi connectivity index (χ1v) is 8.54. The van der Waals surface area contributed by atoms with Crippen molar-refractivity contribution in [2.45, 2.75) is 0 Å². The summed E-state index contributed by atoms with van der Waals surface area (Å²) in [7, 11) is 0. The maximum atomic E-state index is 12.9. The lowest BCUT2D eigenvalue weighted by Gasteiger charge is -2.08. The van der Waals surface area contributed by atoms with Gasteiger partial charge < -0.3 is 14.2 Å². The second-order valence-electron chi connectivity index (χ2n) is 5.72. The molecule has 0 saturated carbocycles. The summed E-state index contributed by atoms with van der Waals surface area (Å²) in [6.45, 7) is 0.294. The fourth-order valence-corrected chi connectivity index (χ4v) is 2.33. The van der Waals surface area contributed by atoms with E-state index in [1.165, 1.54) is 36.4 Å². The Labute approximate surface area is 161 Å². The quantitative estimate of drug-likeness (QED) is 0.348. The summed E-state index contributed by atoms with van der Waals surface area (Å²) in [6.07, 6.45) is 0. The Kier molecular flexibility index (Phi) is 6.36. The molecule has 0 atom stereocenters. The van der Waals surface area contributed by atoms with Gasteiger partial charge in [0.25, 0.3) is 0 Å². The predicted octanol–water partition coefficient (Wildman–Crippen LogP) is 4.28. The van der Waals surface area contributed by atoms with E-state index >= 15 is 0 Å². The number of ether oxygens (including phenoxy) is 3. The van der Waals surface area contributed by atoms with Crippen LogP contribution in [0.4, 0.5) is 4.39 Å². The van der Waals surface area contributed by atoms with E-state index in [9.17, 15) is 14.0 Å². The number of hydrogen-bond acceptors (Lipinski definition) is 5. The molecule has 0 saturated heterocycles. The van der Waals surface area contributed by atoms with Gasteiger partial charge in [-0.05, 0) is 54.6 Å². The van der Waals surface area contributed by atoms with Crippen molar-refractivity contribution >= 4 is 11.9 Å². The minimum atomic E-state index is -0.651. The molecule has 0 N–H and O–H groups in total. The second kappa shape index (κ2) is 9.32. The van der Waals surface area contributed by atoms with Crippen LogP contribution in [0.5, 0.6) is 11.5 Å². The molecule has 0 spiro atoms. The Balaban J connectivity index is 1.52.